The summed E-state index contributed by atoms with van der Waals surface area (Å²) in [5.74, 6) is 0. The number of rotatable bonds is 4. The van der Waals surface area contributed by atoms with Crippen molar-refractivity contribution in [3.8, 4) is 0 Å². The highest BCUT2D eigenvalue weighted by atomic mass is 32.2. The zero-order valence-electron chi connectivity index (χ0n) is 9.83. The first-order chi connectivity index (χ1) is 7.90. The van der Waals surface area contributed by atoms with Crippen molar-refractivity contribution in [3.05, 3.63) is 24.3 Å². The highest BCUT2D eigenvalue weighted by Crippen LogP contribution is 2.24. The summed E-state index contributed by atoms with van der Waals surface area (Å²) in [5, 5.41) is 7.11. The summed E-state index contributed by atoms with van der Waals surface area (Å²) >= 11 is 1.80. The van der Waals surface area contributed by atoms with Gasteiger partial charge in [-0.05, 0) is 37.8 Å². The van der Waals surface area contributed by atoms with Gasteiger partial charge in [-0.2, -0.15) is 0 Å². The minimum Gasteiger partial charge on any atom is -0.383 e. The Kier molecular flexibility index (Phi) is 4.55. The van der Waals surface area contributed by atoms with Gasteiger partial charge < -0.3 is 10.6 Å². The molecule has 88 valence electrons. The molecule has 0 saturated carbocycles. The topological polar surface area (TPSA) is 24.1 Å². The molecular weight excluding hydrogens is 216 g/mol. The van der Waals surface area contributed by atoms with Crippen molar-refractivity contribution in [3.63, 3.8) is 0 Å². The lowest BCUT2D eigenvalue weighted by atomic mass is 10.1. The molecule has 2 nitrogen and oxygen atoms in total. The van der Waals surface area contributed by atoms with E-state index in [1.807, 2.05) is 0 Å². The summed E-state index contributed by atoms with van der Waals surface area (Å²) in [6.07, 6.45) is 6.12. The van der Waals surface area contributed by atoms with Crippen molar-refractivity contribution >= 4 is 17.4 Å². The van der Waals surface area contributed by atoms with Crippen LogP contribution in [0.25, 0.3) is 0 Å². The third-order valence-electron chi connectivity index (χ3n) is 3.06. The maximum Gasteiger partial charge on any atom is 0.0478 e. The van der Waals surface area contributed by atoms with Crippen LogP contribution in [-0.2, 0) is 0 Å². The van der Waals surface area contributed by atoms with E-state index in [0.717, 1.165) is 6.54 Å². The Morgan fingerprint density at radius 3 is 3.00 bits per heavy atom. The molecule has 1 aliphatic heterocycles. The highest BCUT2D eigenvalue weighted by Gasteiger charge is 2.12. The summed E-state index contributed by atoms with van der Waals surface area (Å²) in [5.41, 5.74) is 1.27. The van der Waals surface area contributed by atoms with E-state index in [9.17, 15) is 0 Å². The van der Waals surface area contributed by atoms with Crippen LogP contribution in [0.5, 0.6) is 0 Å². The zero-order valence-corrected chi connectivity index (χ0v) is 10.6. The number of nitrogens with one attached hydrogen (secondary N) is 2. The molecule has 0 aromatic heterocycles. The summed E-state index contributed by atoms with van der Waals surface area (Å²) in [6.45, 7) is 2.22. The standard InChI is InChI=1S/C13H20N2S/c1-16-13-8-3-2-7-12(13)15-10-11-6-4-5-9-14-11/h2-3,7-8,11,14-15H,4-6,9-10H2,1H3. The van der Waals surface area contributed by atoms with Crippen molar-refractivity contribution in [2.24, 2.45) is 0 Å². The van der Waals surface area contributed by atoms with Gasteiger partial charge >= 0.3 is 0 Å². The molecule has 0 aliphatic carbocycles. The van der Waals surface area contributed by atoms with Gasteiger partial charge in [-0.3, -0.25) is 0 Å². The monoisotopic (exact) mass is 236 g/mol. The third-order valence-corrected chi connectivity index (χ3v) is 3.85. The summed E-state index contributed by atoms with van der Waals surface area (Å²) in [6, 6.07) is 9.16. The summed E-state index contributed by atoms with van der Waals surface area (Å²) in [7, 11) is 0. The maximum atomic E-state index is 3.56. The van der Waals surface area contributed by atoms with Crippen LogP contribution in [0.3, 0.4) is 0 Å². The summed E-state index contributed by atoms with van der Waals surface area (Å²) in [4.78, 5) is 1.33. The van der Waals surface area contributed by atoms with Crippen molar-refractivity contribution in [1.29, 1.82) is 0 Å². The Morgan fingerprint density at radius 2 is 2.25 bits per heavy atom. The molecule has 1 heterocycles. The first kappa shape index (κ1) is 11.8. The fourth-order valence-corrected chi connectivity index (χ4v) is 2.70. The Bertz CT molecular complexity index is 321. The second-order valence-corrected chi connectivity index (χ2v) is 5.08. The summed E-state index contributed by atoms with van der Waals surface area (Å²) < 4.78 is 0. The first-order valence-electron chi connectivity index (χ1n) is 6.00. The lowest BCUT2D eigenvalue weighted by Gasteiger charge is -2.24. The van der Waals surface area contributed by atoms with E-state index >= 15 is 0 Å². The molecule has 0 spiro atoms. The Balaban J connectivity index is 1.88. The van der Waals surface area contributed by atoms with E-state index in [2.05, 4.69) is 41.2 Å². The molecule has 1 aromatic carbocycles. The largest absolute Gasteiger partial charge is 0.383 e. The van der Waals surface area contributed by atoms with Gasteiger partial charge in [0, 0.05) is 23.2 Å². The average Bonchev–Trinajstić information content (AvgIpc) is 2.38. The molecule has 2 rings (SSSR count). The molecule has 0 bridgehead atoms. The fraction of sp³-hybridized carbons (Fsp3) is 0.538. The zero-order chi connectivity index (χ0) is 11.2. The molecule has 1 saturated heterocycles. The van der Waals surface area contributed by atoms with Crippen LogP contribution in [0.2, 0.25) is 0 Å². The highest BCUT2D eigenvalue weighted by molar-refractivity contribution is 7.98. The average molecular weight is 236 g/mol. The van der Waals surface area contributed by atoms with Crippen LogP contribution in [-0.4, -0.2) is 25.4 Å². The van der Waals surface area contributed by atoms with E-state index in [-0.39, 0.29) is 0 Å². The predicted octanol–water partition coefficient (Wildman–Crippen LogP) is 2.96. The lowest BCUT2D eigenvalue weighted by Crippen LogP contribution is -2.39. The van der Waals surface area contributed by atoms with Crippen molar-refractivity contribution in [2.45, 2.75) is 30.2 Å². The number of hydrogen-bond donors (Lipinski definition) is 2. The van der Waals surface area contributed by atoms with Gasteiger partial charge in [-0.15, -0.1) is 11.8 Å². The molecule has 3 heteroatoms. The number of thioether (sulfide) groups is 1. The molecule has 1 unspecified atom stereocenters. The number of para-hydroxylation sites is 1. The van der Waals surface area contributed by atoms with Gasteiger partial charge in [0.1, 0.15) is 0 Å². The van der Waals surface area contributed by atoms with Crippen LogP contribution in [0, 0.1) is 0 Å². The SMILES string of the molecule is CSc1ccccc1NCC1CCCCN1. The van der Waals surface area contributed by atoms with Crippen LogP contribution < -0.4 is 10.6 Å². The number of hydrogen-bond acceptors (Lipinski definition) is 3. The molecule has 1 atom stereocenters. The minimum atomic E-state index is 0.642. The number of benzene rings is 1. The Morgan fingerprint density at radius 1 is 1.38 bits per heavy atom. The molecule has 2 N–H and O–H groups in total. The maximum absolute atomic E-state index is 3.56. The first-order valence-corrected chi connectivity index (χ1v) is 7.23. The van der Waals surface area contributed by atoms with E-state index < -0.39 is 0 Å². The molecule has 1 aliphatic rings. The van der Waals surface area contributed by atoms with Gasteiger partial charge in [-0.1, -0.05) is 18.6 Å². The normalized spacial score (nSPS) is 20.7. The number of anilines is 1. The van der Waals surface area contributed by atoms with Crippen LogP contribution in [0.1, 0.15) is 19.3 Å². The molecule has 1 fully saturated rings. The molecule has 0 amide bonds. The quantitative estimate of drug-likeness (QED) is 0.786. The second-order valence-electron chi connectivity index (χ2n) is 4.23. The molecular formula is C13H20N2S. The number of piperidine rings is 1. The van der Waals surface area contributed by atoms with E-state index in [4.69, 9.17) is 0 Å². The second kappa shape index (κ2) is 6.16. The van der Waals surface area contributed by atoms with Crippen molar-refractivity contribution in [1.82, 2.24) is 5.32 Å². The van der Waals surface area contributed by atoms with Crippen LogP contribution in [0.4, 0.5) is 5.69 Å². The van der Waals surface area contributed by atoms with E-state index in [1.165, 1.54) is 36.4 Å². The Labute approximate surface area is 102 Å². The van der Waals surface area contributed by atoms with Gasteiger partial charge in [0.2, 0.25) is 0 Å². The van der Waals surface area contributed by atoms with Gasteiger partial charge in [0.25, 0.3) is 0 Å². The molecule has 1 aromatic rings. The molecule has 0 radical (unpaired) electrons. The van der Waals surface area contributed by atoms with Crippen molar-refractivity contribution < 1.29 is 0 Å². The lowest BCUT2D eigenvalue weighted by molar-refractivity contribution is 0.414. The molecule has 16 heavy (non-hydrogen) atoms. The Hall–Kier alpha value is -0.670. The van der Waals surface area contributed by atoms with Crippen LogP contribution >= 0.6 is 11.8 Å². The van der Waals surface area contributed by atoms with Gasteiger partial charge in [-0.25, -0.2) is 0 Å². The van der Waals surface area contributed by atoms with Crippen molar-refractivity contribution in [2.75, 3.05) is 24.7 Å². The van der Waals surface area contributed by atoms with Crippen LogP contribution in [0.15, 0.2) is 29.2 Å². The predicted molar refractivity (Wildman–Crippen MR) is 72.4 cm³/mol. The van der Waals surface area contributed by atoms with Gasteiger partial charge in [0.05, 0.1) is 0 Å². The smallest absolute Gasteiger partial charge is 0.0478 e. The van der Waals surface area contributed by atoms with Gasteiger partial charge in [0.15, 0.2) is 0 Å². The fourth-order valence-electron chi connectivity index (χ4n) is 2.12. The third kappa shape index (κ3) is 3.16. The van der Waals surface area contributed by atoms with E-state index in [1.54, 1.807) is 11.8 Å². The minimum absolute atomic E-state index is 0.642. The van der Waals surface area contributed by atoms with E-state index in [0.29, 0.717) is 6.04 Å².